The SMILES string of the molecule is CCC1CCCCC1C1CNC(C)C1. The highest BCUT2D eigenvalue weighted by Gasteiger charge is 2.34. The number of nitrogens with one attached hydrogen (secondary N) is 1. The fourth-order valence-corrected chi connectivity index (χ4v) is 3.66. The van der Waals surface area contributed by atoms with Crippen molar-refractivity contribution in [3.8, 4) is 0 Å². The quantitative estimate of drug-likeness (QED) is 0.713. The molecule has 1 nitrogen and oxygen atoms in total. The molecule has 0 bridgehead atoms. The summed E-state index contributed by atoms with van der Waals surface area (Å²) < 4.78 is 0. The van der Waals surface area contributed by atoms with Gasteiger partial charge in [-0.05, 0) is 44.1 Å². The molecular formula is C13H25N. The molecule has 0 amide bonds. The van der Waals surface area contributed by atoms with E-state index >= 15 is 0 Å². The number of rotatable bonds is 2. The normalized spacial score (nSPS) is 44.1. The molecule has 4 atom stereocenters. The van der Waals surface area contributed by atoms with Gasteiger partial charge in [0.2, 0.25) is 0 Å². The van der Waals surface area contributed by atoms with Crippen LogP contribution in [0.2, 0.25) is 0 Å². The standard InChI is InChI=1S/C13H25N/c1-3-11-6-4-5-7-13(11)12-8-10(2)14-9-12/h10-14H,3-9H2,1-2H3. The molecule has 1 heteroatoms. The lowest BCUT2D eigenvalue weighted by Gasteiger charge is -2.35. The van der Waals surface area contributed by atoms with Crippen molar-refractivity contribution in [1.29, 1.82) is 0 Å². The van der Waals surface area contributed by atoms with Gasteiger partial charge in [-0.1, -0.05) is 32.6 Å². The summed E-state index contributed by atoms with van der Waals surface area (Å²) in [6.07, 6.45) is 8.84. The Bertz CT molecular complexity index is 178. The second-order valence-corrected chi connectivity index (χ2v) is 5.42. The predicted octanol–water partition coefficient (Wildman–Crippen LogP) is 3.20. The maximum absolute atomic E-state index is 3.61. The van der Waals surface area contributed by atoms with Gasteiger partial charge in [0, 0.05) is 6.04 Å². The Labute approximate surface area is 88.7 Å². The molecule has 14 heavy (non-hydrogen) atoms. The van der Waals surface area contributed by atoms with E-state index in [1.807, 2.05) is 0 Å². The Morgan fingerprint density at radius 1 is 1.21 bits per heavy atom. The second-order valence-electron chi connectivity index (χ2n) is 5.42. The van der Waals surface area contributed by atoms with Gasteiger partial charge < -0.3 is 5.32 Å². The molecule has 2 fully saturated rings. The molecule has 0 radical (unpaired) electrons. The largest absolute Gasteiger partial charge is 0.314 e. The molecule has 1 aliphatic heterocycles. The summed E-state index contributed by atoms with van der Waals surface area (Å²) in [6, 6.07) is 0.777. The average Bonchev–Trinajstić information content (AvgIpc) is 2.65. The zero-order valence-electron chi connectivity index (χ0n) is 9.76. The van der Waals surface area contributed by atoms with E-state index in [9.17, 15) is 0 Å². The van der Waals surface area contributed by atoms with Crippen LogP contribution in [0.15, 0.2) is 0 Å². The van der Waals surface area contributed by atoms with Gasteiger partial charge in [-0.3, -0.25) is 0 Å². The van der Waals surface area contributed by atoms with Crippen molar-refractivity contribution in [3.05, 3.63) is 0 Å². The van der Waals surface area contributed by atoms with Crippen LogP contribution in [0.3, 0.4) is 0 Å². The molecule has 1 saturated carbocycles. The molecule has 4 unspecified atom stereocenters. The van der Waals surface area contributed by atoms with Gasteiger partial charge in [0.05, 0.1) is 0 Å². The zero-order chi connectivity index (χ0) is 9.97. The van der Waals surface area contributed by atoms with Crippen LogP contribution in [0, 0.1) is 17.8 Å². The van der Waals surface area contributed by atoms with Crippen LogP contribution in [0.25, 0.3) is 0 Å². The molecular weight excluding hydrogens is 170 g/mol. The van der Waals surface area contributed by atoms with Crippen molar-refractivity contribution in [2.75, 3.05) is 6.54 Å². The lowest BCUT2D eigenvalue weighted by atomic mass is 9.71. The smallest absolute Gasteiger partial charge is 0.00420 e. The second kappa shape index (κ2) is 4.65. The first-order valence-electron chi connectivity index (χ1n) is 6.54. The summed E-state index contributed by atoms with van der Waals surface area (Å²) in [5.74, 6) is 3.09. The minimum Gasteiger partial charge on any atom is -0.314 e. The summed E-state index contributed by atoms with van der Waals surface area (Å²) in [5.41, 5.74) is 0. The molecule has 1 N–H and O–H groups in total. The fraction of sp³-hybridized carbons (Fsp3) is 1.00. The van der Waals surface area contributed by atoms with Gasteiger partial charge in [0.15, 0.2) is 0 Å². The van der Waals surface area contributed by atoms with Gasteiger partial charge >= 0.3 is 0 Å². The van der Waals surface area contributed by atoms with E-state index in [2.05, 4.69) is 19.2 Å². The van der Waals surface area contributed by atoms with Crippen LogP contribution in [0.5, 0.6) is 0 Å². The van der Waals surface area contributed by atoms with Gasteiger partial charge in [0.25, 0.3) is 0 Å². The molecule has 1 aliphatic carbocycles. The van der Waals surface area contributed by atoms with Crippen LogP contribution in [0.1, 0.15) is 52.4 Å². The topological polar surface area (TPSA) is 12.0 Å². The van der Waals surface area contributed by atoms with E-state index in [1.54, 1.807) is 0 Å². The van der Waals surface area contributed by atoms with Crippen LogP contribution in [0.4, 0.5) is 0 Å². The third kappa shape index (κ3) is 2.13. The van der Waals surface area contributed by atoms with E-state index in [4.69, 9.17) is 0 Å². The lowest BCUT2D eigenvalue weighted by Crippen LogP contribution is -2.28. The molecule has 82 valence electrons. The summed E-state index contributed by atoms with van der Waals surface area (Å²) >= 11 is 0. The van der Waals surface area contributed by atoms with Crippen molar-refractivity contribution < 1.29 is 0 Å². The monoisotopic (exact) mass is 195 g/mol. The van der Waals surface area contributed by atoms with E-state index in [0.717, 1.165) is 23.8 Å². The van der Waals surface area contributed by atoms with Crippen molar-refractivity contribution in [2.45, 2.75) is 58.4 Å². The third-order valence-corrected chi connectivity index (χ3v) is 4.48. The number of hydrogen-bond donors (Lipinski definition) is 1. The Morgan fingerprint density at radius 2 is 2.00 bits per heavy atom. The van der Waals surface area contributed by atoms with Crippen molar-refractivity contribution in [2.24, 2.45) is 17.8 Å². The summed E-state index contributed by atoms with van der Waals surface area (Å²) in [6.45, 7) is 6.01. The first-order chi connectivity index (χ1) is 6.81. The Morgan fingerprint density at radius 3 is 2.64 bits per heavy atom. The van der Waals surface area contributed by atoms with Crippen molar-refractivity contribution in [3.63, 3.8) is 0 Å². The maximum atomic E-state index is 3.61. The molecule has 0 aromatic heterocycles. The Balaban J connectivity index is 1.93. The highest BCUT2D eigenvalue weighted by molar-refractivity contribution is 4.87. The van der Waals surface area contributed by atoms with E-state index < -0.39 is 0 Å². The van der Waals surface area contributed by atoms with Gasteiger partial charge in [-0.25, -0.2) is 0 Å². The van der Waals surface area contributed by atoms with Crippen molar-refractivity contribution >= 4 is 0 Å². The maximum Gasteiger partial charge on any atom is 0.00420 e. The molecule has 0 aromatic carbocycles. The third-order valence-electron chi connectivity index (χ3n) is 4.48. The van der Waals surface area contributed by atoms with Gasteiger partial charge in [-0.15, -0.1) is 0 Å². The minimum atomic E-state index is 0.777. The summed E-state index contributed by atoms with van der Waals surface area (Å²) in [7, 11) is 0. The first-order valence-corrected chi connectivity index (χ1v) is 6.54. The average molecular weight is 195 g/mol. The summed E-state index contributed by atoms with van der Waals surface area (Å²) in [5, 5.41) is 3.61. The molecule has 1 saturated heterocycles. The lowest BCUT2D eigenvalue weighted by molar-refractivity contribution is 0.164. The van der Waals surface area contributed by atoms with E-state index in [1.165, 1.54) is 45.1 Å². The molecule has 0 aromatic rings. The zero-order valence-corrected chi connectivity index (χ0v) is 9.76. The van der Waals surface area contributed by atoms with Crippen LogP contribution < -0.4 is 5.32 Å². The van der Waals surface area contributed by atoms with Crippen LogP contribution in [-0.4, -0.2) is 12.6 Å². The van der Waals surface area contributed by atoms with Crippen LogP contribution >= 0.6 is 0 Å². The predicted molar refractivity (Wildman–Crippen MR) is 61.3 cm³/mol. The summed E-state index contributed by atoms with van der Waals surface area (Å²) in [4.78, 5) is 0. The molecule has 1 heterocycles. The highest BCUT2D eigenvalue weighted by Crippen LogP contribution is 2.39. The van der Waals surface area contributed by atoms with Crippen molar-refractivity contribution in [1.82, 2.24) is 5.32 Å². The first kappa shape index (κ1) is 10.5. The van der Waals surface area contributed by atoms with Crippen LogP contribution in [-0.2, 0) is 0 Å². The fourth-order valence-electron chi connectivity index (χ4n) is 3.66. The highest BCUT2D eigenvalue weighted by atomic mass is 14.9. The Kier molecular flexibility index (Phi) is 3.48. The molecule has 2 rings (SSSR count). The van der Waals surface area contributed by atoms with E-state index in [-0.39, 0.29) is 0 Å². The van der Waals surface area contributed by atoms with E-state index in [0.29, 0.717) is 0 Å². The number of hydrogen-bond acceptors (Lipinski definition) is 1. The Hall–Kier alpha value is -0.0400. The minimum absolute atomic E-state index is 0.777. The van der Waals surface area contributed by atoms with Gasteiger partial charge in [0.1, 0.15) is 0 Å². The molecule has 2 aliphatic rings. The van der Waals surface area contributed by atoms with Gasteiger partial charge in [-0.2, -0.15) is 0 Å². The molecule has 0 spiro atoms.